The van der Waals surface area contributed by atoms with Gasteiger partial charge in [-0.15, -0.1) is 0 Å². The van der Waals surface area contributed by atoms with Gasteiger partial charge in [0.25, 0.3) is 0 Å². The fourth-order valence-corrected chi connectivity index (χ4v) is 6.20. The molecule has 0 aliphatic heterocycles. The van der Waals surface area contributed by atoms with E-state index >= 15 is 0 Å². The second-order valence-corrected chi connectivity index (χ2v) is 10.6. The molecule has 2 fully saturated rings. The molecule has 0 radical (unpaired) electrons. The average Bonchev–Trinajstić information content (AvgIpc) is 2.75. The Morgan fingerprint density at radius 1 is 0.633 bits per heavy atom. The topological polar surface area (TPSA) is 17.1 Å². The zero-order chi connectivity index (χ0) is 21.4. The normalized spacial score (nSPS) is 20.7. The molecule has 0 aromatic heterocycles. The molecule has 2 aromatic rings. The van der Waals surface area contributed by atoms with Gasteiger partial charge in [-0.05, 0) is 84.7 Å². The summed E-state index contributed by atoms with van der Waals surface area (Å²) in [4.78, 5) is 13.5. The van der Waals surface area contributed by atoms with Crippen molar-refractivity contribution in [2.45, 2.75) is 103 Å². The van der Waals surface area contributed by atoms with Crippen molar-refractivity contribution in [2.24, 2.45) is 0 Å². The molecule has 0 heterocycles. The Labute approximate surface area is 183 Å². The Bertz CT molecular complexity index is 848. The Morgan fingerprint density at radius 2 is 1.00 bits per heavy atom. The summed E-state index contributed by atoms with van der Waals surface area (Å²) in [7, 11) is 0. The van der Waals surface area contributed by atoms with Crippen LogP contribution in [0.5, 0.6) is 0 Å². The fourth-order valence-electron chi connectivity index (χ4n) is 6.20. The highest BCUT2D eigenvalue weighted by Gasteiger charge is 2.32. The Balaban J connectivity index is 1.68. The molecule has 0 amide bonds. The van der Waals surface area contributed by atoms with E-state index in [2.05, 4.69) is 52.0 Å². The molecular weight excluding hydrogens is 364 g/mol. The summed E-state index contributed by atoms with van der Waals surface area (Å²) in [6, 6.07) is 12.8. The first-order valence-corrected chi connectivity index (χ1v) is 12.1. The molecular formula is C29H38O. The van der Waals surface area contributed by atoms with E-state index in [0.29, 0.717) is 0 Å². The first-order valence-electron chi connectivity index (χ1n) is 12.1. The lowest BCUT2D eigenvalue weighted by atomic mass is 9.69. The number of hydrogen-bond acceptors (Lipinski definition) is 1. The Kier molecular flexibility index (Phi) is 5.93. The van der Waals surface area contributed by atoms with E-state index in [1.807, 2.05) is 12.1 Å². The van der Waals surface area contributed by atoms with Gasteiger partial charge in [-0.2, -0.15) is 0 Å². The van der Waals surface area contributed by atoms with Crippen LogP contribution in [0.2, 0.25) is 0 Å². The van der Waals surface area contributed by atoms with Crippen LogP contribution >= 0.6 is 0 Å². The van der Waals surface area contributed by atoms with Crippen molar-refractivity contribution in [2.75, 3.05) is 0 Å². The molecule has 0 unspecified atom stereocenters. The standard InChI is InChI=1S/C29H38O/c1-21-11-13-23(19-25(21)28(3)15-7-5-8-16-28)27(30)24-14-12-22(2)26(20-24)29(4)17-9-6-10-18-29/h11-14,19-20H,5-10,15-18H2,1-4H3. The smallest absolute Gasteiger partial charge is 0.193 e. The van der Waals surface area contributed by atoms with Crippen LogP contribution in [-0.2, 0) is 10.8 Å². The fraction of sp³-hybridized carbons (Fsp3) is 0.552. The van der Waals surface area contributed by atoms with Crippen LogP contribution in [0.15, 0.2) is 36.4 Å². The summed E-state index contributed by atoms with van der Waals surface area (Å²) in [6.07, 6.45) is 12.8. The highest BCUT2D eigenvalue weighted by molar-refractivity contribution is 6.09. The van der Waals surface area contributed by atoms with Crippen molar-refractivity contribution in [1.82, 2.24) is 0 Å². The first kappa shape index (κ1) is 21.3. The molecule has 4 rings (SSSR count). The van der Waals surface area contributed by atoms with Gasteiger partial charge < -0.3 is 0 Å². The quantitative estimate of drug-likeness (QED) is 0.474. The van der Waals surface area contributed by atoms with Crippen molar-refractivity contribution < 1.29 is 4.79 Å². The molecule has 2 aromatic carbocycles. The molecule has 0 saturated heterocycles. The van der Waals surface area contributed by atoms with Crippen molar-refractivity contribution in [3.8, 4) is 0 Å². The number of ketones is 1. The van der Waals surface area contributed by atoms with Crippen molar-refractivity contribution in [3.05, 3.63) is 69.8 Å². The lowest BCUT2D eigenvalue weighted by Crippen LogP contribution is -2.27. The molecule has 2 aliphatic carbocycles. The van der Waals surface area contributed by atoms with Gasteiger partial charge in [0.15, 0.2) is 5.78 Å². The van der Waals surface area contributed by atoms with E-state index in [4.69, 9.17) is 0 Å². The predicted molar refractivity (Wildman–Crippen MR) is 127 cm³/mol. The minimum atomic E-state index is 0.177. The van der Waals surface area contributed by atoms with E-state index in [0.717, 1.165) is 11.1 Å². The largest absolute Gasteiger partial charge is 0.289 e. The Hall–Kier alpha value is -1.89. The van der Waals surface area contributed by atoms with Gasteiger partial charge in [-0.1, -0.05) is 76.6 Å². The molecule has 30 heavy (non-hydrogen) atoms. The summed E-state index contributed by atoms with van der Waals surface area (Å²) < 4.78 is 0. The number of aryl methyl sites for hydroxylation is 2. The maximum atomic E-state index is 13.5. The number of hydrogen-bond donors (Lipinski definition) is 0. The van der Waals surface area contributed by atoms with Crippen LogP contribution < -0.4 is 0 Å². The van der Waals surface area contributed by atoms with E-state index in [1.54, 1.807) is 0 Å². The lowest BCUT2D eigenvalue weighted by molar-refractivity contribution is 0.103. The predicted octanol–water partition coefficient (Wildman–Crippen LogP) is 7.98. The van der Waals surface area contributed by atoms with Crippen LogP contribution in [0.25, 0.3) is 0 Å². The molecule has 160 valence electrons. The summed E-state index contributed by atoms with van der Waals surface area (Å²) >= 11 is 0. The molecule has 2 aliphatic rings. The van der Waals surface area contributed by atoms with Crippen molar-refractivity contribution in [3.63, 3.8) is 0 Å². The van der Waals surface area contributed by atoms with Gasteiger partial charge in [0.1, 0.15) is 0 Å². The molecule has 0 spiro atoms. The second kappa shape index (κ2) is 8.33. The molecule has 0 bridgehead atoms. The average molecular weight is 403 g/mol. The number of benzene rings is 2. The maximum absolute atomic E-state index is 13.5. The van der Waals surface area contributed by atoms with Crippen LogP contribution in [0.3, 0.4) is 0 Å². The van der Waals surface area contributed by atoms with Gasteiger partial charge in [0.2, 0.25) is 0 Å². The number of carbonyl (C=O) groups is 1. The van der Waals surface area contributed by atoms with Gasteiger partial charge in [-0.25, -0.2) is 0 Å². The highest BCUT2D eigenvalue weighted by Crippen LogP contribution is 2.42. The van der Waals surface area contributed by atoms with Crippen LogP contribution in [0, 0.1) is 13.8 Å². The van der Waals surface area contributed by atoms with Crippen LogP contribution in [0.4, 0.5) is 0 Å². The van der Waals surface area contributed by atoms with Crippen molar-refractivity contribution in [1.29, 1.82) is 0 Å². The molecule has 1 nitrogen and oxygen atoms in total. The van der Waals surface area contributed by atoms with Crippen molar-refractivity contribution >= 4 is 5.78 Å². The van der Waals surface area contributed by atoms with Gasteiger partial charge in [0, 0.05) is 11.1 Å². The lowest BCUT2D eigenvalue weighted by Gasteiger charge is -2.36. The minimum Gasteiger partial charge on any atom is -0.289 e. The maximum Gasteiger partial charge on any atom is 0.193 e. The third-order valence-corrected chi connectivity index (χ3v) is 8.21. The monoisotopic (exact) mass is 402 g/mol. The van der Waals surface area contributed by atoms with Gasteiger partial charge >= 0.3 is 0 Å². The second-order valence-electron chi connectivity index (χ2n) is 10.6. The zero-order valence-corrected chi connectivity index (χ0v) is 19.4. The molecule has 2 saturated carbocycles. The summed E-state index contributed by atoms with van der Waals surface area (Å²) in [5.74, 6) is 0.177. The minimum absolute atomic E-state index is 0.177. The number of carbonyl (C=O) groups excluding carboxylic acids is 1. The summed E-state index contributed by atoms with van der Waals surface area (Å²) in [5.41, 5.74) is 7.57. The van der Waals surface area contributed by atoms with E-state index in [9.17, 15) is 4.79 Å². The third-order valence-electron chi connectivity index (χ3n) is 8.21. The molecule has 0 atom stereocenters. The third kappa shape index (κ3) is 4.01. The van der Waals surface area contributed by atoms with Gasteiger partial charge in [-0.3, -0.25) is 4.79 Å². The van der Waals surface area contributed by atoms with E-state index < -0.39 is 0 Å². The summed E-state index contributed by atoms with van der Waals surface area (Å²) in [5, 5.41) is 0. The first-order chi connectivity index (χ1) is 14.3. The highest BCUT2D eigenvalue weighted by atomic mass is 16.1. The van der Waals surface area contributed by atoms with Crippen LogP contribution in [-0.4, -0.2) is 5.78 Å². The van der Waals surface area contributed by atoms with Gasteiger partial charge in [0.05, 0.1) is 0 Å². The SMILES string of the molecule is Cc1ccc(C(=O)c2ccc(C)c(C3(C)CCCCC3)c2)cc1C1(C)CCCCC1. The zero-order valence-electron chi connectivity index (χ0n) is 19.4. The number of rotatable bonds is 4. The van der Waals surface area contributed by atoms with Crippen LogP contribution in [0.1, 0.15) is 116 Å². The van der Waals surface area contributed by atoms with E-state index in [-0.39, 0.29) is 16.6 Å². The molecule has 1 heteroatoms. The van der Waals surface area contributed by atoms with E-state index in [1.165, 1.54) is 86.5 Å². The molecule has 0 N–H and O–H groups in total. The Morgan fingerprint density at radius 3 is 1.37 bits per heavy atom. The summed E-state index contributed by atoms with van der Waals surface area (Å²) in [6.45, 7) is 9.21.